The summed E-state index contributed by atoms with van der Waals surface area (Å²) in [7, 11) is 0. The predicted octanol–water partition coefficient (Wildman–Crippen LogP) is 3.68. The summed E-state index contributed by atoms with van der Waals surface area (Å²) in [4.78, 5) is 4.38. The number of nitrogens with zero attached hydrogens (tertiary/aromatic N) is 1. The largest absolute Gasteiger partial charge is 0.416 e. The van der Waals surface area contributed by atoms with E-state index in [2.05, 4.69) is 17.2 Å². The van der Waals surface area contributed by atoms with Crippen molar-refractivity contribution in [2.75, 3.05) is 5.75 Å². The topological polar surface area (TPSA) is 24.4 Å². The van der Waals surface area contributed by atoms with E-state index in [9.17, 15) is 13.2 Å². The summed E-state index contributed by atoms with van der Waals surface area (Å²) in [6.45, 7) is 2.49. The van der Waals surface area contributed by atoms with Crippen molar-refractivity contribution in [1.29, 1.82) is 0 Å². The van der Waals surface area contributed by atoms with Gasteiger partial charge in [-0.25, -0.2) is 0 Å². The van der Waals surface area contributed by atoms with Gasteiger partial charge >= 0.3 is 6.18 Å². The second-order valence-corrected chi connectivity index (χ2v) is 5.58. The van der Waals surface area contributed by atoms with Crippen molar-refractivity contribution in [2.24, 2.45) is 4.99 Å². The van der Waals surface area contributed by atoms with Crippen LogP contribution in [0, 0.1) is 0 Å². The second kappa shape index (κ2) is 5.86. The fraction of sp³-hybridized carbons (Fsp3) is 0.462. The van der Waals surface area contributed by atoms with Crippen molar-refractivity contribution in [2.45, 2.75) is 32.1 Å². The summed E-state index contributed by atoms with van der Waals surface area (Å²) < 4.78 is 37.2. The molecule has 0 bridgehead atoms. The van der Waals surface area contributed by atoms with E-state index in [0.717, 1.165) is 35.0 Å². The van der Waals surface area contributed by atoms with Crippen LogP contribution in [0.5, 0.6) is 0 Å². The quantitative estimate of drug-likeness (QED) is 0.898. The summed E-state index contributed by atoms with van der Waals surface area (Å²) in [6.07, 6.45) is -3.18. The Bertz CT molecular complexity index is 454. The monoisotopic (exact) mass is 288 g/mol. The normalized spacial score (nSPS) is 22.3. The Morgan fingerprint density at radius 3 is 2.58 bits per heavy atom. The van der Waals surface area contributed by atoms with E-state index < -0.39 is 11.7 Å². The lowest BCUT2D eigenvalue weighted by molar-refractivity contribution is -0.137. The summed E-state index contributed by atoms with van der Waals surface area (Å²) in [5.74, 6) is 1.03. The van der Waals surface area contributed by atoms with Crippen LogP contribution < -0.4 is 5.32 Å². The van der Waals surface area contributed by atoms with Crippen LogP contribution in [0.2, 0.25) is 0 Å². The van der Waals surface area contributed by atoms with Gasteiger partial charge in [0.25, 0.3) is 0 Å². The molecule has 1 heterocycles. The lowest BCUT2D eigenvalue weighted by Gasteiger charge is -2.21. The zero-order valence-electron chi connectivity index (χ0n) is 10.5. The Morgan fingerprint density at radius 2 is 2.00 bits per heavy atom. The molecule has 104 valence electrons. The van der Waals surface area contributed by atoms with Gasteiger partial charge in [0.15, 0.2) is 5.17 Å². The Hall–Kier alpha value is -1.17. The van der Waals surface area contributed by atoms with Crippen molar-refractivity contribution in [3.63, 3.8) is 0 Å². The molecule has 0 amide bonds. The number of benzene rings is 1. The van der Waals surface area contributed by atoms with Gasteiger partial charge in [0.05, 0.1) is 12.1 Å². The van der Waals surface area contributed by atoms with E-state index in [-0.39, 0.29) is 0 Å². The molecule has 0 saturated carbocycles. The lowest BCUT2D eigenvalue weighted by atomic mass is 10.1. The molecule has 1 aliphatic heterocycles. The van der Waals surface area contributed by atoms with E-state index in [0.29, 0.717) is 12.6 Å². The third kappa shape index (κ3) is 4.16. The molecular formula is C13H15F3N2S. The van der Waals surface area contributed by atoms with Gasteiger partial charge in [-0.05, 0) is 31.0 Å². The van der Waals surface area contributed by atoms with Crippen molar-refractivity contribution < 1.29 is 13.2 Å². The van der Waals surface area contributed by atoms with E-state index in [1.165, 1.54) is 12.1 Å². The van der Waals surface area contributed by atoms with Crippen LogP contribution in [0.4, 0.5) is 13.2 Å². The van der Waals surface area contributed by atoms with E-state index in [1.807, 2.05) is 0 Å². The van der Waals surface area contributed by atoms with Gasteiger partial charge in [0, 0.05) is 11.8 Å². The van der Waals surface area contributed by atoms with Crippen LogP contribution in [-0.2, 0) is 12.7 Å². The molecule has 1 aromatic rings. The molecule has 1 unspecified atom stereocenters. The molecule has 1 N–H and O–H groups in total. The number of hydrogen-bond acceptors (Lipinski definition) is 2. The fourth-order valence-electron chi connectivity index (χ4n) is 1.71. The van der Waals surface area contributed by atoms with Gasteiger partial charge in [-0.1, -0.05) is 23.9 Å². The minimum atomic E-state index is -4.28. The van der Waals surface area contributed by atoms with Crippen molar-refractivity contribution in [3.8, 4) is 0 Å². The Labute approximate surface area is 114 Å². The molecule has 1 saturated heterocycles. The first-order valence-corrected chi connectivity index (χ1v) is 7.03. The summed E-state index contributed by atoms with van der Waals surface area (Å²) in [5.41, 5.74) is 0.156. The molecule has 1 aromatic carbocycles. The third-order valence-electron chi connectivity index (χ3n) is 2.85. The van der Waals surface area contributed by atoms with Crippen LogP contribution >= 0.6 is 11.8 Å². The Kier molecular flexibility index (Phi) is 4.39. The molecule has 1 aliphatic rings. The molecule has 2 nitrogen and oxygen atoms in total. The van der Waals surface area contributed by atoms with Gasteiger partial charge < -0.3 is 5.32 Å². The first kappa shape index (κ1) is 14.2. The molecule has 19 heavy (non-hydrogen) atoms. The van der Waals surface area contributed by atoms with Crippen LogP contribution in [-0.4, -0.2) is 17.0 Å². The van der Waals surface area contributed by atoms with Crippen LogP contribution in [0.15, 0.2) is 29.3 Å². The number of hydrogen-bond donors (Lipinski definition) is 1. The SMILES string of the molecule is CC1CCSC(=NCc2ccc(C(F)(F)F)cc2)N1. The maximum absolute atomic E-state index is 12.4. The Morgan fingerprint density at radius 1 is 1.32 bits per heavy atom. The number of aliphatic imine (C=N–C) groups is 1. The number of nitrogens with one attached hydrogen (secondary N) is 1. The molecule has 0 aromatic heterocycles. The van der Waals surface area contributed by atoms with Gasteiger partial charge in [-0.15, -0.1) is 0 Å². The van der Waals surface area contributed by atoms with Crippen molar-refractivity contribution in [1.82, 2.24) is 5.32 Å². The van der Waals surface area contributed by atoms with Crippen LogP contribution in [0.3, 0.4) is 0 Å². The summed E-state index contributed by atoms with van der Waals surface area (Å²) in [6, 6.07) is 5.56. The zero-order chi connectivity index (χ0) is 13.9. The van der Waals surface area contributed by atoms with Gasteiger partial charge in [0.2, 0.25) is 0 Å². The number of thioether (sulfide) groups is 1. The van der Waals surface area contributed by atoms with Crippen molar-refractivity contribution >= 4 is 16.9 Å². The molecule has 0 spiro atoms. The fourth-order valence-corrected chi connectivity index (χ4v) is 2.82. The standard InChI is InChI=1S/C13H15F3N2S/c1-9-6-7-19-12(18-9)17-8-10-2-4-11(5-3-10)13(14,15)16/h2-5,9H,6-8H2,1H3,(H,17,18). The smallest absolute Gasteiger partial charge is 0.362 e. The molecule has 0 aliphatic carbocycles. The molecule has 0 radical (unpaired) electrons. The van der Waals surface area contributed by atoms with E-state index in [4.69, 9.17) is 0 Å². The first-order chi connectivity index (χ1) is 8.95. The van der Waals surface area contributed by atoms with Gasteiger partial charge in [0.1, 0.15) is 0 Å². The second-order valence-electron chi connectivity index (χ2n) is 4.50. The maximum Gasteiger partial charge on any atom is 0.416 e. The highest BCUT2D eigenvalue weighted by Gasteiger charge is 2.29. The van der Waals surface area contributed by atoms with E-state index >= 15 is 0 Å². The molecule has 1 fully saturated rings. The molecular weight excluding hydrogens is 273 g/mol. The first-order valence-electron chi connectivity index (χ1n) is 6.05. The average Bonchev–Trinajstić information content (AvgIpc) is 2.36. The minimum absolute atomic E-state index is 0.403. The Balaban J connectivity index is 1.98. The minimum Gasteiger partial charge on any atom is -0.362 e. The summed E-state index contributed by atoms with van der Waals surface area (Å²) >= 11 is 1.65. The molecule has 6 heteroatoms. The van der Waals surface area contributed by atoms with Crippen LogP contribution in [0.25, 0.3) is 0 Å². The highest BCUT2D eigenvalue weighted by atomic mass is 32.2. The van der Waals surface area contributed by atoms with Crippen LogP contribution in [0.1, 0.15) is 24.5 Å². The number of halogens is 3. The van der Waals surface area contributed by atoms with E-state index in [1.54, 1.807) is 11.8 Å². The average molecular weight is 288 g/mol. The number of alkyl halides is 3. The van der Waals surface area contributed by atoms with Crippen molar-refractivity contribution in [3.05, 3.63) is 35.4 Å². The third-order valence-corrected chi connectivity index (χ3v) is 3.81. The number of rotatable bonds is 2. The zero-order valence-corrected chi connectivity index (χ0v) is 11.3. The summed E-state index contributed by atoms with van der Waals surface area (Å²) in [5, 5.41) is 4.13. The molecule has 1 atom stereocenters. The predicted molar refractivity (Wildman–Crippen MR) is 72.3 cm³/mol. The maximum atomic E-state index is 12.4. The van der Waals surface area contributed by atoms with Gasteiger partial charge in [-0.2, -0.15) is 13.2 Å². The number of amidine groups is 1. The highest BCUT2D eigenvalue weighted by molar-refractivity contribution is 8.13. The highest BCUT2D eigenvalue weighted by Crippen LogP contribution is 2.29. The molecule has 2 rings (SSSR count). The lowest BCUT2D eigenvalue weighted by Crippen LogP contribution is -2.35. The van der Waals surface area contributed by atoms with Gasteiger partial charge in [-0.3, -0.25) is 4.99 Å².